The van der Waals surface area contributed by atoms with E-state index in [1.54, 1.807) is 60.7 Å². The van der Waals surface area contributed by atoms with Gasteiger partial charge in [-0.1, -0.05) is 78.9 Å². The van der Waals surface area contributed by atoms with Crippen LogP contribution >= 0.6 is 0 Å². The number of esters is 1. The van der Waals surface area contributed by atoms with E-state index in [1.807, 2.05) is 30.3 Å². The Kier molecular flexibility index (Phi) is 10.3. The van der Waals surface area contributed by atoms with E-state index in [0.29, 0.717) is 29.7 Å². The molecule has 2 atom stereocenters. The number of alkyl halides is 3. The van der Waals surface area contributed by atoms with Crippen molar-refractivity contribution in [2.45, 2.75) is 36.0 Å². The predicted octanol–water partition coefficient (Wildman–Crippen LogP) is 5.18. The van der Waals surface area contributed by atoms with Gasteiger partial charge in [-0.3, -0.25) is 9.59 Å². The van der Waals surface area contributed by atoms with Crippen molar-refractivity contribution in [3.63, 3.8) is 0 Å². The van der Waals surface area contributed by atoms with Gasteiger partial charge in [0.1, 0.15) is 12.6 Å². The molecule has 0 spiro atoms. The SMILES string of the molecule is O=C(N[C@H](COC(=O)[C@H](Cc1ccccc1)NS(=O)(=O)c1ccc(C(F)(F)F)cc1)Cc1ccccc1)c1ccccc1. The van der Waals surface area contributed by atoms with Gasteiger partial charge in [-0.25, -0.2) is 8.42 Å². The molecule has 43 heavy (non-hydrogen) atoms. The van der Waals surface area contributed by atoms with E-state index in [9.17, 15) is 31.2 Å². The van der Waals surface area contributed by atoms with Gasteiger partial charge in [0.05, 0.1) is 16.5 Å². The molecule has 0 aliphatic rings. The van der Waals surface area contributed by atoms with Gasteiger partial charge >= 0.3 is 12.1 Å². The summed E-state index contributed by atoms with van der Waals surface area (Å²) in [5.74, 6) is -1.28. The summed E-state index contributed by atoms with van der Waals surface area (Å²) in [7, 11) is -4.42. The molecule has 0 heterocycles. The molecular weight excluding hydrogens is 581 g/mol. The van der Waals surface area contributed by atoms with Gasteiger partial charge in [0.15, 0.2) is 0 Å². The van der Waals surface area contributed by atoms with Crippen LogP contribution < -0.4 is 10.0 Å². The molecule has 2 N–H and O–H groups in total. The van der Waals surface area contributed by atoms with Gasteiger partial charge in [0.2, 0.25) is 10.0 Å². The van der Waals surface area contributed by atoms with Crippen molar-refractivity contribution in [1.82, 2.24) is 10.0 Å². The Hall–Kier alpha value is -4.48. The number of hydrogen-bond donors (Lipinski definition) is 2. The van der Waals surface area contributed by atoms with Gasteiger partial charge in [-0.15, -0.1) is 0 Å². The molecule has 0 unspecified atom stereocenters. The lowest BCUT2D eigenvalue weighted by atomic mass is 10.1. The fourth-order valence-electron chi connectivity index (χ4n) is 4.29. The summed E-state index contributed by atoms with van der Waals surface area (Å²) in [5.41, 5.74) is 0.908. The van der Waals surface area contributed by atoms with E-state index in [0.717, 1.165) is 17.7 Å². The van der Waals surface area contributed by atoms with Gasteiger partial charge in [0.25, 0.3) is 5.91 Å². The zero-order valence-electron chi connectivity index (χ0n) is 22.8. The summed E-state index contributed by atoms with van der Waals surface area (Å²) in [6.45, 7) is -0.264. The summed E-state index contributed by atoms with van der Waals surface area (Å²) >= 11 is 0. The summed E-state index contributed by atoms with van der Waals surface area (Å²) in [6.07, 6.45) is -4.39. The Balaban J connectivity index is 1.52. The van der Waals surface area contributed by atoms with Crippen LogP contribution in [0, 0.1) is 0 Å². The molecule has 11 heteroatoms. The van der Waals surface area contributed by atoms with E-state index in [1.165, 1.54) is 0 Å². The largest absolute Gasteiger partial charge is 0.462 e. The van der Waals surface area contributed by atoms with Crippen LogP contribution in [0.2, 0.25) is 0 Å². The number of carbonyl (C=O) groups excluding carboxylic acids is 2. The van der Waals surface area contributed by atoms with Gasteiger partial charge in [-0.2, -0.15) is 17.9 Å². The van der Waals surface area contributed by atoms with E-state index in [2.05, 4.69) is 10.0 Å². The summed E-state index contributed by atoms with van der Waals surface area (Å²) < 4.78 is 73.0. The summed E-state index contributed by atoms with van der Waals surface area (Å²) in [5, 5.41) is 2.87. The zero-order valence-corrected chi connectivity index (χ0v) is 23.6. The third-order valence-corrected chi connectivity index (χ3v) is 7.97. The third-order valence-electron chi connectivity index (χ3n) is 6.48. The molecule has 4 aromatic rings. The van der Waals surface area contributed by atoms with Crippen molar-refractivity contribution in [1.29, 1.82) is 0 Å². The molecular formula is C32H29F3N2O5S. The Morgan fingerprint density at radius 3 is 1.77 bits per heavy atom. The first-order valence-electron chi connectivity index (χ1n) is 13.3. The maximum absolute atomic E-state index is 13.3. The Labute approximate surface area is 247 Å². The fourth-order valence-corrected chi connectivity index (χ4v) is 5.48. The minimum absolute atomic E-state index is 0.0841. The lowest BCUT2D eigenvalue weighted by Crippen LogP contribution is -2.46. The van der Waals surface area contributed by atoms with E-state index < -0.39 is 44.7 Å². The van der Waals surface area contributed by atoms with Gasteiger partial charge in [0, 0.05) is 5.56 Å². The number of amides is 1. The van der Waals surface area contributed by atoms with Crippen molar-refractivity contribution in [2.24, 2.45) is 0 Å². The highest BCUT2D eigenvalue weighted by molar-refractivity contribution is 7.89. The van der Waals surface area contributed by atoms with Gasteiger partial charge < -0.3 is 10.1 Å². The van der Waals surface area contributed by atoms with E-state index in [-0.39, 0.29) is 18.9 Å². The molecule has 224 valence electrons. The monoisotopic (exact) mass is 610 g/mol. The standard InChI is InChI=1S/C32H29F3N2O5S/c33-32(34,35)26-16-18-28(19-17-26)43(40,41)37-29(21-24-12-6-2-7-13-24)31(39)42-22-27(20-23-10-4-1-5-11-23)36-30(38)25-14-8-3-9-15-25/h1-19,27,29,37H,20-22H2,(H,36,38)/t27-,29-/m0/s1. The second kappa shape index (κ2) is 14.1. The third kappa shape index (κ3) is 9.25. The second-order valence-corrected chi connectivity index (χ2v) is 11.5. The maximum Gasteiger partial charge on any atom is 0.416 e. The lowest BCUT2D eigenvalue weighted by Gasteiger charge is -2.22. The normalized spacial score (nSPS) is 13.1. The van der Waals surface area contributed by atoms with E-state index in [4.69, 9.17) is 4.74 Å². The van der Waals surface area contributed by atoms with E-state index >= 15 is 0 Å². The number of benzene rings is 4. The molecule has 0 saturated heterocycles. The maximum atomic E-state index is 13.3. The molecule has 0 aliphatic carbocycles. The van der Waals surface area contributed by atoms with Crippen molar-refractivity contribution in [3.8, 4) is 0 Å². The summed E-state index contributed by atoms with van der Waals surface area (Å²) in [4.78, 5) is 25.8. The quantitative estimate of drug-likeness (QED) is 0.215. The number of carbonyl (C=O) groups is 2. The van der Waals surface area contributed by atoms with Crippen molar-refractivity contribution < 1.29 is 35.9 Å². The highest BCUT2D eigenvalue weighted by Gasteiger charge is 2.32. The molecule has 0 saturated carbocycles. The smallest absolute Gasteiger partial charge is 0.416 e. The van der Waals surface area contributed by atoms with Crippen LogP contribution in [0.25, 0.3) is 0 Å². The second-order valence-electron chi connectivity index (χ2n) is 9.74. The average Bonchev–Trinajstić information content (AvgIpc) is 3.00. The van der Waals surface area contributed by atoms with Crippen LogP contribution in [0.4, 0.5) is 13.2 Å². The first kappa shape index (κ1) is 31.5. The topological polar surface area (TPSA) is 102 Å². The molecule has 0 fully saturated rings. The molecule has 1 amide bonds. The molecule has 0 bridgehead atoms. The predicted molar refractivity (Wildman–Crippen MR) is 155 cm³/mol. The first-order valence-corrected chi connectivity index (χ1v) is 14.8. The number of ether oxygens (including phenoxy) is 1. The zero-order chi connectivity index (χ0) is 30.9. The van der Waals surface area contributed by atoms with Crippen molar-refractivity contribution >= 4 is 21.9 Å². The van der Waals surface area contributed by atoms with Crippen LogP contribution in [-0.2, 0) is 38.6 Å². The summed E-state index contributed by atoms with van der Waals surface area (Å²) in [6, 6.07) is 27.2. The minimum Gasteiger partial charge on any atom is -0.462 e. The van der Waals surface area contributed by atoms with Crippen LogP contribution in [0.3, 0.4) is 0 Å². The van der Waals surface area contributed by atoms with Crippen LogP contribution in [0.15, 0.2) is 120 Å². The van der Waals surface area contributed by atoms with Crippen molar-refractivity contribution in [2.75, 3.05) is 6.61 Å². The Morgan fingerprint density at radius 1 is 0.721 bits per heavy atom. The highest BCUT2D eigenvalue weighted by Crippen LogP contribution is 2.29. The molecule has 4 aromatic carbocycles. The fraction of sp³-hybridized carbons (Fsp3) is 0.188. The van der Waals surface area contributed by atoms with Gasteiger partial charge in [-0.05, 0) is 60.4 Å². The van der Waals surface area contributed by atoms with Crippen molar-refractivity contribution in [3.05, 3.63) is 138 Å². The highest BCUT2D eigenvalue weighted by atomic mass is 32.2. The first-order chi connectivity index (χ1) is 20.5. The Bertz CT molecular complexity index is 1600. The minimum atomic E-state index is -4.64. The molecule has 0 radical (unpaired) electrons. The molecule has 0 aliphatic heterocycles. The number of sulfonamides is 1. The van der Waals surface area contributed by atoms with Crippen LogP contribution in [-0.4, -0.2) is 39.0 Å². The average molecular weight is 611 g/mol. The number of nitrogens with one attached hydrogen (secondary N) is 2. The van der Waals surface area contributed by atoms with Crippen LogP contribution in [0.1, 0.15) is 27.0 Å². The molecule has 4 rings (SSSR count). The Morgan fingerprint density at radius 2 is 1.23 bits per heavy atom. The number of halogens is 3. The number of rotatable bonds is 12. The molecule has 0 aromatic heterocycles. The lowest BCUT2D eigenvalue weighted by molar-refractivity contribution is -0.146. The molecule has 7 nitrogen and oxygen atoms in total. The number of hydrogen-bond acceptors (Lipinski definition) is 5. The van der Waals surface area contributed by atoms with Crippen LogP contribution in [0.5, 0.6) is 0 Å².